The fourth-order valence-corrected chi connectivity index (χ4v) is 2.74. The molecule has 2 heteroatoms. The number of rotatable bonds is 4. The monoisotopic (exact) mass is 277 g/mol. The van der Waals surface area contributed by atoms with Crippen LogP contribution in [0, 0.1) is 6.92 Å². The summed E-state index contributed by atoms with van der Waals surface area (Å²) in [6, 6.07) is 17.8. The standard InChI is InChI=1S/C19H19NO/c1-13-4-2-7-16-11-18(21-19(13)16)15-6-3-5-14(10-15)12-20-17-8-9-17/h2-7,10-11,17,20H,8-9,12H2,1H3. The van der Waals surface area contributed by atoms with E-state index in [0.29, 0.717) is 0 Å². The number of furan rings is 1. The van der Waals surface area contributed by atoms with Crippen LogP contribution in [0.5, 0.6) is 0 Å². The van der Waals surface area contributed by atoms with Gasteiger partial charge in [-0.1, -0.05) is 36.4 Å². The fourth-order valence-electron chi connectivity index (χ4n) is 2.74. The average molecular weight is 277 g/mol. The van der Waals surface area contributed by atoms with Crippen molar-refractivity contribution in [2.45, 2.75) is 32.4 Å². The number of hydrogen-bond donors (Lipinski definition) is 1. The van der Waals surface area contributed by atoms with Crippen LogP contribution < -0.4 is 5.32 Å². The van der Waals surface area contributed by atoms with Crippen molar-refractivity contribution in [2.24, 2.45) is 0 Å². The fraction of sp³-hybridized carbons (Fsp3) is 0.263. The first-order valence-corrected chi connectivity index (χ1v) is 7.61. The van der Waals surface area contributed by atoms with Crippen molar-refractivity contribution in [3.8, 4) is 11.3 Å². The Labute approximate surface area is 124 Å². The molecule has 1 heterocycles. The van der Waals surface area contributed by atoms with E-state index in [1.54, 1.807) is 0 Å². The van der Waals surface area contributed by atoms with Crippen molar-refractivity contribution in [1.82, 2.24) is 5.32 Å². The molecule has 0 bridgehead atoms. The number of para-hydroxylation sites is 1. The maximum absolute atomic E-state index is 6.06. The number of hydrogen-bond acceptors (Lipinski definition) is 2. The predicted molar refractivity (Wildman–Crippen MR) is 86.2 cm³/mol. The molecule has 2 nitrogen and oxygen atoms in total. The summed E-state index contributed by atoms with van der Waals surface area (Å²) in [5, 5.41) is 4.73. The lowest BCUT2D eigenvalue weighted by molar-refractivity contribution is 0.628. The summed E-state index contributed by atoms with van der Waals surface area (Å²) in [7, 11) is 0. The summed E-state index contributed by atoms with van der Waals surface area (Å²) >= 11 is 0. The minimum atomic E-state index is 0.738. The molecule has 1 fully saturated rings. The van der Waals surface area contributed by atoms with E-state index in [1.807, 2.05) is 0 Å². The number of fused-ring (bicyclic) bond motifs is 1. The van der Waals surface area contributed by atoms with Gasteiger partial charge in [0.1, 0.15) is 11.3 Å². The minimum absolute atomic E-state index is 0.738. The zero-order chi connectivity index (χ0) is 14.2. The van der Waals surface area contributed by atoms with Gasteiger partial charge in [0, 0.05) is 23.5 Å². The third kappa shape index (κ3) is 2.59. The second kappa shape index (κ2) is 5.05. The zero-order valence-corrected chi connectivity index (χ0v) is 12.2. The second-order valence-electron chi connectivity index (χ2n) is 5.96. The number of aryl methyl sites for hydroxylation is 1. The highest BCUT2D eigenvalue weighted by molar-refractivity contribution is 5.85. The molecule has 4 rings (SSSR count). The highest BCUT2D eigenvalue weighted by Crippen LogP contribution is 2.30. The van der Waals surface area contributed by atoms with Crippen LogP contribution >= 0.6 is 0 Å². The molecule has 1 aliphatic rings. The zero-order valence-electron chi connectivity index (χ0n) is 12.2. The van der Waals surface area contributed by atoms with E-state index in [9.17, 15) is 0 Å². The Kier molecular flexibility index (Phi) is 3.04. The second-order valence-corrected chi connectivity index (χ2v) is 5.96. The normalized spacial score (nSPS) is 14.7. The van der Waals surface area contributed by atoms with Crippen LogP contribution in [0.4, 0.5) is 0 Å². The molecule has 1 N–H and O–H groups in total. The van der Waals surface area contributed by atoms with E-state index in [4.69, 9.17) is 4.42 Å². The van der Waals surface area contributed by atoms with Crippen LogP contribution in [-0.2, 0) is 6.54 Å². The summed E-state index contributed by atoms with van der Waals surface area (Å²) < 4.78 is 6.06. The molecule has 0 amide bonds. The van der Waals surface area contributed by atoms with Crippen molar-refractivity contribution in [3.63, 3.8) is 0 Å². The molecule has 0 radical (unpaired) electrons. The molecule has 106 valence electrons. The first kappa shape index (κ1) is 12.7. The lowest BCUT2D eigenvalue weighted by Crippen LogP contribution is -2.15. The van der Waals surface area contributed by atoms with Gasteiger partial charge in [0.15, 0.2) is 0 Å². The van der Waals surface area contributed by atoms with Gasteiger partial charge in [0.05, 0.1) is 0 Å². The smallest absolute Gasteiger partial charge is 0.137 e. The average Bonchev–Trinajstić information content (AvgIpc) is 3.23. The van der Waals surface area contributed by atoms with Crippen LogP contribution in [0.2, 0.25) is 0 Å². The van der Waals surface area contributed by atoms with Crippen molar-refractivity contribution in [2.75, 3.05) is 0 Å². The molecule has 0 spiro atoms. The molecule has 0 aliphatic heterocycles. The SMILES string of the molecule is Cc1cccc2cc(-c3cccc(CNC4CC4)c3)oc12. The van der Waals surface area contributed by atoms with Crippen molar-refractivity contribution in [3.05, 3.63) is 59.7 Å². The third-order valence-corrected chi connectivity index (χ3v) is 4.12. The first-order chi connectivity index (χ1) is 10.3. The summed E-state index contributed by atoms with van der Waals surface area (Å²) in [6.45, 7) is 3.03. The highest BCUT2D eigenvalue weighted by atomic mass is 16.3. The lowest BCUT2D eigenvalue weighted by Gasteiger charge is -2.04. The first-order valence-electron chi connectivity index (χ1n) is 7.61. The quantitative estimate of drug-likeness (QED) is 0.750. The van der Waals surface area contributed by atoms with Crippen LogP contribution in [-0.4, -0.2) is 6.04 Å². The Morgan fingerprint density at radius 2 is 1.95 bits per heavy atom. The van der Waals surface area contributed by atoms with E-state index < -0.39 is 0 Å². The molecular weight excluding hydrogens is 258 g/mol. The van der Waals surface area contributed by atoms with Gasteiger partial charge in [-0.05, 0) is 43.0 Å². The summed E-state index contributed by atoms with van der Waals surface area (Å²) in [6.07, 6.45) is 2.64. The van der Waals surface area contributed by atoms with Gasteiger partial charge in [-0.2, -0.15) is 0 Å². The van der Waals surface area contributed by atoms with E-state index >= 15 is 0 Å². The molecule has 0 unspecified atom stereocenters. The van der Waals surface area contributed by atoms with Crippen molar-refractivity contribution in [1.29, 1.82) is 0 Å². The van der Waals surface area contributed by atoms with Gasteiger partial charge >= 0.3 is 0 Å². The van der Waals surface area contributed by atoms with Gasteiger partial charge in [-0.3, -0.25) is 0 Å². The van der Waals surface area contributed by atoms with Gasteiger partial charge in [-0.25, -0.2) is 0 Å². The minimum Gasteiger partial charge on any atom is -0.456 e. The Morgan fingerprint density at radius 3 is 2.76 bits per heavy atom. The Balaban J connectivity index is 1.67. The van der Waals surface area contributed by atoms with E-state index in [2.05, 4.69) is 60.8 Å². The van der Waals surface area contributed by atoms with Gasteiger partial charge in [0.2, 0.25) is 0 Å². The number of benzene rings is 2. The third-order valence-electron chi connectivity index (χ3n) is 4.12. The summed E-state index contributed by atoms with van der Waals surface area (Å²) in [5.41, 5.74) is 4.65. The van der Waals surface area contributed by atoms with E-state index in [0.717, 1.165) is 29.5 Å². The Bertz CT molecular complexity index is 783. The summed E-state index contributed by atoms with van der Waals surface area (Å²) in [5.74, 6) is 0.951. The van der Waals surface area contributed by atoms with Crippen LogP contribution in [0.15, 0.2) is 52.9 Å². The largest absolute Gasteiger partial charge is 0.456 e. The molecule has 21 heavy (non-hydrogen) atoms. The highest BCUT2D eigenvalue weighted by Gasteiger charge is 2.20. The molecule has 1 aromatic heterocycles. The molecule has 1 aliphatic carbocycles. The molecule has 2 aromatic carbocycles. The van der Waals surface area contributed by atoms with Crippen molar-refractivity contribution < 1.29 is 4.42 Å². The molecule has 1 saturated carbocycles. The van der Waals surface area contributed by atoms with Crippen molar-refractivity contribution >= 4 is 11.0 Å². The molecular formula is C19H19NO. The number of nitrogens with one attached hydrogen (secondary N) is 1. The molecule has 0 atom stereocenters. The van der Waals surface area contributed by atoms with E-state index in [1.165, 1.54) is 29.4 Å². The van der Waals surface area contributed by atoms with Gasteiger partial charge in [0.25, 0.3) is 0 Å². The van der Waals surface area contributed by atoms with Crippen LogP contribution in [0.3, 0.4) is 0 Å². The van der Waals surface area contributed by atoms with Gasteiger partial charge in [-0.15, -0.1) is 0 Å². The maximum atomic E-state index is 6.06. The Morgan fingerprint density at radius 1 is 1.10 bits per heavy atom. The van der Waals surface area contributed by atoms with E-state index in [-0.39, 0.29) is 0 Å². The topological polar surface area (TPSA) is 25.2 Å². The maximum Gasteiger partial charge on any atom is 0.137 e. The lowest BCUT2D eigenvalue weighted by atomic mass is 10.1. The predicted octanol–water partition coefficient (Wildman–Crippen LogP) is 4.66. The van der Waals surface area contributed by atoms with Crippen LogP contribution in [0.25, 0.3) is 22.3 Å². The molecule has 3 aromatic rings. The molecule has 0 saturated heterocycles. The van der Waals surface area contributed by atoms with Gasteiger partial charge < -0.3 is 9.73 Å². The van der Waals surface area contributed by atoms with Crippen LogP contribution in [0.1, 0.15) is 24.0 Å². The Hall–Kier alpha value is -2.06. The summed E-state index contributed by atoms with van der Waals surface area (Å²) in [4.78, 5) is 0.